The van der Waals surface area contributed by atoms with Crippen LogP contribution in [0.15, 0.2) is 24.3 Å². The van der Waals surface area contributed by atoms with Gasteiger partial charge in [-0.15, -0.1) is 0 Å². The van der Waals surface area contributed by atoms with Gasteiger partial charge in [-0.25, -0.2) is 0 Å². The second-order valence-electron chi connectivity index (χ2n) is 7.80. The van der Waals surface area contributed by atoms with Crippen molar-refractivity contribution in [3.63, 3.8) is 0 Å². The second-order valence-corrected chi connectivity index (χ2v) is 7.80. The number of aliphatic hydroxyl groups is 1. The van der Waals surface area contributed by atoms with Crippen molar-refractivity contribution in [2.24, 2.45) is 5.92 Å². The molecule has 3 atom stereocenters. The summed E-state index contributed by atoms with van der Waals surface area (Å²) >= 11 is 0. The summed E-state index contributed by atoms with van der Waals surface area (Å²) in [5.41, 5.74) is 4.64. The number of nitrogens with zero attached hydrogens (tertiary/aromatic N) is 3. The summed E-state index contributed by atoms with van der Waals surface area (Å²) in [6.45, 7) is 4.55. The quantitative estimate of drug-likeness (QED) is 0.939. The third-order valence-electron chi connectivity index (χ3n) is 6.71. The monoisotopic (exact) mass is 325 g/mol. The number of fused-ring (bicyclic) bond motifs is 3. The van der Waals surface area contributed by atoms with Crippen LogP contribution in [0.5, 0.6) is 0 Å². The molecule has 2 aromatic rings. The summed E-state index contributed by atoms with van der Waals surface area (Å²) in [4.78, 5) is 5.14. The maximum atomic E-state index is 9.44. The number of aromatic nitrogens is 1. The fourth-order valence-corrected chi connectivity index (χ4v) is 5.69. The molecule has 4 heterocycles. The van der Waals surface area contributed by atoms with Crippen molar-refractivity contribution >= 4 is 10.9 Å². The summed E-state index contributed by atoms with van der Waals surface area (Å²) in [6, 6.07) is 10.1. The topological polar surface area (TPSA) is 31.6 Å². The molecule has 5 rings (SSSR count). The molecule has 128 valence electrons. The van der Waals surface area contributed by atoms with Crippen LogP contribution in [0.3, 0.4) is 0 Å². The molecule has 1 saturated heterocycles. The van der Waals surface area contributed by atoms with Crippen LogP contribution in [-0.2, 0) is 13.0 Å². The minimum Gasteiger partial charge on any atom is -0.395 e. The van der Waals surface area contributed by atoms with E-state index in [1.807, 2.05) is 0 Å². The number of hydrogen-bond acceptors (Lipinski definition) is 3. The number of hydrogen-bond donors (Lipinski definition) is 1. The fourth-order valence-electron chi connectivity index (χ4n) is 5.69. The maximum Gasteiger partial charge on any atom is 0.0558 e. The summed E-state index contributed by atoms with van der Waals surface area (Å²) in [5, 5.41) is 10.9. The highest BCUT2D eigenvalue weighted by atomic mass is 16.3. The molecule has 0 aliphatic carbocycles. The van der Waals surface area contributed by atoms with Gasteiger partial charge in [0.15, 0.2) is 0 Å². The molecule has 3 aliphatic heterocycles. The Hall–Kier alpha value is -1.36. The van der Waals surface area contributed by atoms with Gasteiger partial charge in [0.1, 0.15) is 0 Å². The predicted octanol–water partition coefficient (Wildman–Crippen LogP) is 2.26. The molecule has 0 spiro atoms. The molecule has 0 radical (unpaired) electrons. The molecule has 1 aromatic carbocycles. The van der Waals surface area contributed by atoms with Gasteiger partial charge in [-0.2, -0.15) is 0 Å². The van der Waals surface area contributed by atoms with E-state index in [0.29, 0.717) is 18.0 Å². The van der Waals surface area contributed by atoms with Crippen LogP contribution in [0, 0.1) is 5.92 Å². The fraction of sp³-hybridized carbons (Fsp3) is 0.600. The summed E-state index contributed by atoms with van der Waals surface area (Å²) < 4.78 is 2.61. The van der Waals surface area contributed by atoms with E-state index in [-0.39, 0.29) is 6.61 Å². The first-order valence-corrected chi connectivity index (χ1v) is 9.44. The molecular weight excluding hydrogens is 298 g/mol. The summed E-state index contributed by atoms with van der Waals surface area (Å²) in [6.07, 6.45) is 3.84. The van der Waals surface area contributed by atoms with Crippen molar-refractivity contribution < 1.29 is 5.11 Å². The highest BCUT2D eigenvalue weighted by molar-refractivity contribution is 5.86. The average molecular weight is 325 g/mol. The van der Waals surface area contributed by atoms with E-state index in [4.69, 9.17) is 0 Å². The number of piperidine rings is 1. The van der Waals surface area contributed by atoms with E-state index >= 15 is 0 Å². The van der Waals surface area contributed by atoms with Crippen molar-refractivity contribution in [3.8, 4) is 0 Å². The molecule has 4 heteroatoms. The number of likely N-dealkylation sites (N-methyl/N-ethyl adjacent to an activating group) is 1. The minimum atomic E-state index is 0.249. The van der Waals surface area contributed by atoms with Gasteiger partial charge in [-0.3, -0.25) is 9.80 Å². The van der Waals surface area contributed by atoms with E-state index in [0.717, 1.165) is 13.1 Å². The Labute approximate surface area is 143 Å². The van der Waals surface area contributed by atoms with Crippen molar-refractivity contribution in [3.05, 3.63) is 35.5 Å². The van der Waals surface area contributed by atoms with Crippen LogP contribution in [0.25, 0.3) is 10.9 Å². The molecule has 4 nitrogen and oxygen atoms in total. The van der Waals surface area contributed by atoms with E-state index in [9.17, 15) is 5.11 Å². The van der Waals surface area contributed by atoms with Crippen LogP contribution >= 0.6 is 0 Å². The Kier molecular flexibility index (Phi) is 3.47. The van der Waals surface area contributed by atoms with Crippen LogP contribution < -0.4 is 0 Å². The van der Waals surface area contributed by atoms with Gasteiger partial charge in [0.2, 0.25) is 0 Å². The molecule has 0 bridgehead atoms. The Morgan fingerprint density at radius 2 is 2.12 bits per heavy atom. The van der Waals surface area contributed by atoms with Crippen LogP contribution in [0.4, 0.5) is 0 Å². The largest absolute Gasteiger partial charge is 0.395 e. The Bertz CT molecular complexity index is 768. The lowest BCUT2D eigenvalue weighted by molar-refractivity contribution is -0.00204. The number of rotatable bonds is 3. The van der Waals surface area contributed by atoms with Gasteiger partial charge in [-0.1, -0.05) is 18.2 Å². The lowest BCUT2D eigenvalue weighted by atomic mass is 9.76. The van der Waals surface area contributed by atoms with Gasteiger partial charge >= 0.3 is 0 Å². The van der Waals surface area contributed by atoms with Crippen molar-refractivity contribution in [2.45, 2.75) is 37.9 Å². The van der Waals surface area contributed by atoms with E-state index < -0.39 is 0 Å². The molecule has 0 amide bonds. The normalized spacial score (nSPS) is 29.2. The molecular formula is C20H27N3O. The van der Waals surface area contributed by atoms with Crippen molar-refractivity contribution in [2.75, 3.05) is 33.3 Å². The van der Waals surface area contributed by atoms with E-state index in [1.54, 1.807) is 11.3 Å². The second kappa shape index (κ2) is 5.58. The Morgan fingerprint density at radius 1 is 1.25 bits per heavy atom. The molecule has 1 N–H and O–H groups in total. The Balaban J connectivity index is 1.70. The highest BCUT2D eigenvalue weighted by Gasteiger charge is 2.47. The molecule has 24 heavy (non-hydrogen) atoms. The SMILES string of the molecule is CN(CCO)C1Cn2c3c(c4ccccc42)CCN2CCC[C@H]1[C@H]32. The van der Waals surface area contributed by atoms with Crippen molar-refractivity contribution in [1.82, 2.24) is 14.4 Å². The predicted molar refractivity (Wildman–Crippen MR) is 96.2 cm³/mol. The lowest BCUT2D eigenvalue weighted by Crippen LogP contribution is -2.55. The lowest BCUT2D eigenvalue weighted by Gasteiger charge is -2.52. The average Bonchev–Trinajstić information content (AvgIpc) is 2.95. The summed E-state index contributed by atoms with van der Waals surface area (Å²) in [5.74, 6) is 0.700. The number of para-hydroxylation sites is 1. The van der Waals surface area contributed by atoms with Gasteiger partial charge in [0.05, 0.1) is 12.6 Å². The first-order valence-electron chi connectivity index (χ1n) is 9.44. The van der Waals surface area contributed by atoms with Crippen molar-refractivity contribution in [1.29, 1.82) is 0 Å². The number of benzene rings is 1. The third kappa shape index (κ3) is 1.97. The van der Waals surface area contributed by atoms with Crippen LogP contribution in [0.2, 0.25) is 0 Å². The first-order chi connectivity index (χ1) is 11.8. The third-order valence-corrected chi connectivity index (χ3v) is 6.71. The molecule has 0 saturated carbocycles. The first kappa shape index (κ1) is 14.9. The van der Waals surface area contributed by atoms with Gasteiger partial charge < -0.3 is 9.67 Å². The molecule has 1 aromatic heterocycles. The van der Waals surface area contributed by atoms with E-state index in [1.165, 1.54) is 43.3 Å². The summed E-state index contributed by atoms with van der Waals surface area (Å²) in [7, 11) is 2.19. The molecule has 3 aliphatic rings. The maximum absolute atomic E-state index is 9.44. The zero-order chi connectivity index (χ0) is 16.3. The minimum absolute atomic E-state index is 0.249. The van der Waals surface area contributed by atoms with Gasteiger partial charge in [-0.05, 0) is 50.4 Å². The smallest absolute Gasteiger partial charge is 0.0558 e. The zero-order valence-electron chi connectivity index (χ0n) is 14.5. The molecule has 1 unspecified atom stereocenters. The highest BCUT2D eigenvalue weighted by Crippen LogP contribution is 2.49. The molecule has 1 fully saturated rings. The van der Waals surface area contributed by atoms with Gasteiger partial charge in [0.25, 0.3) is 0 Å². The van der Waals surface area contributed by atoms with Gasteiger partial charge in [0, 0.05) is 42.3 Å². The number of aliphatic hydroxyl groups excluding tert-OH is 1. The van der Waals surface area contributed by atoms with Crippen LogP contribution in [-0.4, -0.2) is 58.8 Å². The zero-order valence-corrected chi connectivity index (χ0v) is 14.5. The standard InChI is InChI=1S/C20H27N3O/c1-21(11-12-24)18-13-23-17-7-3-2-5-14(17)15-8-10-22-9-4-6-16(18)19(22)20(15)23/h2-3,5,7,16,18-19,24H,4,6,8-13H2,1H3/t16-,18?,19-/m1/s1. The van der Waals surface area contributed by atoms with E-state index in [2.05, 4.69) is 45.7 Å². The Morgan fingerprint density at radius 3 is 3.00 bits per heavy atom. The van der Waals surface area contributed by atoms with Crippen LogP contribution in [0.1, 0.15) is 30.1 Å².